The van der Waals surface area contributed by atoms with Gasteiger partial charge in [0, 0.05) is 18.2 Å². The van der Waals surface area contributed by atoms with Gasteiger partial charge >= 0.3 is 6.61 Å². The normalized spacial score (nSPS) is 23.3. The Kier molecular flexibility index (Phi) is 5.31. The monoisotopic (exact) mass is 285 g/mol. The zero-order chi connectivity index (χ0) is 14.5. The lowest BCUT2D eigenvalue weighted by molar-refractivity contribution is -0.0511. The number of halogens is 2. The third-order valence-corrected chi connectivity index (χ3v) is 3.87. The summed E-state index contributed by atoms with van der Waals surface area (Å²) < 4.78 is 29.3. The second-order valence-corrected chi connectivity index (χ2v) is 5.32. The van der Waals surface area contributed by atoms with Gasteiger partial charge in [-0.1, -0.05) is 31.0 Å². The summed E-state index contributed by atoms with van der Waals surface area (Å²) in [5.41, 5.74) is 0.716. The quantitative estimate of drug-likeness (QED) is 0.902. The number of aliphatic hydroxyl groups excluding tert-OH is 1. The van der Waals surface area contributed by atoms with Crippen LogP contribution in [0.15, 0.2) is 24.3 Å². The molecule has 1 aromatic rings. The van der Waals surface area contributed by atoms with Gasteiger partial charge in [-0.05, 0) is 26.0 Å². The van der Waals surface area contributed by atoms with Crippen LogP contribution >= 0.6 is 0 Å². The van der Waals surface area contributed by atoms with Crippen LogP contribution in [-0.4, -0.2) is 35.8 Å². The van der Waals surface area contributed by atoms with Crippen LogP contribution in [-0.2, 0) is 6.54 Å². The maximum atomic E-state index is 12.4. The molecule has 0 bridgehead atoms. The number of para-hydroxylation sites is 1. The summed E-state index contributed by atoms with van der Waals surface area (Å²) in [6, 6.07) is 6.90. The fourth-order valence-corrected chi connectivity index (χ4v) is 2.84. The predicted molar refractivity (Wildman–Crippen MR) is 72.8 cm³/mol. The molecule has 0 unspecified atom stereocenters. The molecule has 3 nitrogen and oxygen atoms in total. The minimum atomic E-state index is -2.82. The number of hydrogen-bond donors (Lipinski definition) is 1. The molecule has 1 fully saturated rings. The summed E-state index contributed by atoms with van der Waals surface area (Å²) in [4.78, 5) is 2.03. The third-order valence-electron chi connectivity index (χ3n) is 3.87. The Hall–Kier alpha value is -1.20. The van der Waals surface area contributed by atoms with Gasteiger partial charge < -0.3 is 9.84 Å². The van der Waals surface area contributed by atoms with Crippen LogP contribution in [0, 0.1) is 0 Å². The minimum Gasteiger partial charge on any atom is -0.434 e. The Labute approximate surface area is 118 Å². The highest BCUT2D eigenvalue weighted by molar-refractivity contribution is 5.33. The van der Waals surface area contributed by atoms with Gasteiger partial charge in [-0.3, -0.25) is 4.90 Å². The first-order valence-electron chi connectivity index (χ1n) is 6.99. The fraction of sp³-hybridized carbons (Fsp3) is 0.600. The molecule has 1 aliphatic rings. The van der Waals surface area contributed by atoms with Crippen LogP contribution in [0.5, 0.6) is 5.75 Å². The van der Waals surface area contributed by atoms with Crippen molar-refractivity contribution in [1.82, 2.24) is 4.90 Å². The van der Waals surface area contributed by atoms with E-state index in [0.29, 0.717) is 12.1 Å². The number of alkyl halides is 2. The number of nitrogens with zero attached hydrogens (tertiary/aromatic N) is 1. The SMILES string of the molecule is CN(Cc1ccccc1OC(F)F)[C@@H]1CCCC[C@@H]1O. The molecule has 1 saturated carbocycles. The first-order valence-corrected chi connectivity index (χ1v) is 6.99. The summed E-state index contributed by atoms with van der Waals surface area (Å²) in [7, 11) is 1.92. The second-order valence-electron chi connectivity index (χ2n) is 5.32. The highest BCUT2D eigenvalue weighted by Gasteiger charge is 2.27. The Morgan fingerprint density at radius 2 is 2.00 bits per heavy atom. The van der Waals surface area contributed by atoms with Crippen molar-refractivity contribution in [2.75, 3.05) is 7.05 Å². The second kappa shape index (κ2) is 6.99. The van der Waals surface area contributed by atoms with Crippen molar-refractivity contribution >= 4 is 0 Å². The molecule has 5 heteroatoms. The average Bonchev–Trinajstić information content (AvgIpc) is 2.41. The van der Waals surface area contributed by atoms with Crippen LogP contribution in [0.4, 0.5) is 8.78 Å². The van der Waals surface area contributed by atoms with Crippen LogP contribution in [0.3, 0.4) is 0 Å². The first-order chi connectivity index (χ1) is 9.58. The summed E-state index contributed by atoms with van der Waals surface area (Å²) in [6.07, 6.45) is 3.56. The van der Waals surface area contributed by atoms with E-state index in [-0.39, 0.29) is 17.9 Å². The van der Waals surface area contributed by atoms with Crippen molar-refractivity contribution in [2.45, 2.75) is 51.0 Å². The molecule has 1 aromatic carbocycles. The van der Waals surface area contributed by atoms with Crippen LogP contribution in [0.2, 0.25) is 0 Å². The highest BCUT2D eigenvalue weighted by Crippen LogP contribution is 2.26. The standard InChI is InChI=1S/C15H21F2NO2/c1-18(12-7-3-4-8-13(12)19)10-11-6-2-5-9-14(11)20-15(16)17/h2,5-6,9,12-13,15,19H,3-4,7-8,10H2,1H3/t12-,13+/m1/s1. The van der Waals surface area contributed by atoms with E-state index >= 15 is 0 Å². The smallest absolute Gasteiger partial charge is 0.387 e. The lowest BCUT2D eigenvalue weighted by Gasteiger charge is -2.35. The molecule has 0 spiro atoms. The lowest BCUT2D eigenvalue weighted by Crippen LogP contribution is -2.42. The minimum absolute atomic E-state index is 0.0864. The maximum Gasteiger partial charge on any atom is 0.387 e. The van der Waals surface area contributed by atoms with E-state index in [1.807, 2.05) is 11.9 Å². The summed E-state index contributed by atoms with van der Waals surface area (Å²) in [5.74, 6) is 0.208. The Morgan fingerprint density at radius 3 is 2.70 bits per heavy atom. The van der Waals surface area contributed by atoms with Gasteiger partial charge in [0.15, 0.2) is 0 Å². The van der Waals surface area contributed by atoms with Gasteiger partial charge in [-0.25, -0.2) is 0 Å². The van der Waals surface area contributed by atoms with Gasteiger partial charge in [0.2, 0.25) is 0 Å². The predicted octanol–water partition coefficient (Wildman–Crippen LogP) is 3.02. The molecule has 0 amide bonds. The van der Waals surface area contributed by atoms with E-state index in [2.05, 4.69) is 4.74 Å². The molecule has 20 heavy (non-hydrogen) atoms. The topological polar surface area (TPSA) is 32.7 Å². The fourth-order valence-electron chi connectivity index (χ4n) is 2.84. The average molecular weight is 285 g/mol. The van der Waals surface area contributed by atoms with E-state index in [1.54, 1.807) is 24.3 Å². The van der Waals surface area contributed by atoms with Crippen LogP contribution < -0.4 is 4.74 Å². The summed E-state index contributed by atoms with van der Waals surface area (Å²) in [5, 5.41) is 10.0. The molecule has 0 saturated heterocycles. The van der Waals surface area contributed by atoms with Crippen molar-refractivity contribution in [3.63, 3.8) is 0 Å². The number of rotatable bonds is 5. The zero-order valence-corrected chi connectivity index (χ0v) is 11.6. The number of benzene rings is 1. The Bertz CT molecular complexity index is 428. The maximum absolute atomic E-state index is 12.4. The Morgan fingerprint density at radius 1 is 1.30 bits per heavy atom. The van der Waals surface area contributed by atoms with Crippen molar-refractivity contribution in [3.05, 3.63) is 29.8 Å². The molecular weight excluding hydrogens is 264 g/mol. The van der Waals surface area contributed by atoms with Crippen molar-refractivity contribution < 1.29 is 18.6 Å². The van der Waals surface area contributed by atoms with E-state index < -0.39 is 6.61 Å². The molecule has 0 heterocycles. The summed E-state index contributed by atoms with van der Waals surface area (Å²) >= 11 is 0. The molecule has 0 radical (unpaired) electrons. The number of likely N-dealkylation sites (N-methyl/N-ethyl adjacent to an activating group) is 1. The zero-order valence-electron chi connectivity index (χ0n) is 11.6. The highest BCUT2D eigenvalue weighted by atomic mass is 19.3. The van der Waals surface area contributed by atoms with Gasteiger partial charge in [0.05, 0.1) is 6.10 Å². The number of hydrogen-bond acceptors (Lipinski definition) is 3. The van der Waals surface area contributed by atoms with Gasteiger partial charge in [-0.15, -0.1) is 0 Å². The van der Waals surface area contributed by atoms with Gasteiger partial charge in [0.25, 0.3) is 0 Å². The van der Waals surface area contributed by atoms with Crippen molar-refractivity contribution in [3.8, 4) is 5.75 Å². The van der Waals surface area contributed by atoms with E-state index in [0.717, 1.165) is 25.7 Å². The van der Waals surface area contributed by atoms with Crippen molar-refractivity contribution in [1.29, 1.82) is 0 Å². The van der Waals surface area contributed by atoms with Gasteiger partial charge in [0.1, 0.15) is 5.75 Å². The molecule has 2 atom stereocenters. The molecule has 2 rings (SSSR count). The number of aliphatic hydroxyl groups is 1. The van der Waals surface area contributed by atoms with Crippen LogP contribution in [0.1, 0.15) is 31.2 Å². The molecule has 1 aliphatic carbocycles. The molecular formula is C15H21F2NO2. The lowest BCUT2D eigenvalue weighted by atomic mass is 9.91. The van der Waals surface area contributed by atoms with E-state index in [1.165, 1.54) is 0 Å². The first kappa shape index (κ1) is 15.2. The molecule has 0 aromatic heterocycles. The summed E-state index contributed by atoms with van der Waals surface area (Å²) in [6.45, 7) is -2.33. The largest absolute Gasteiger partial charge is 0.434 e. The Balaban J connectivity index is 2.05. The van der Waals surface area contributed by atoms with Gasteiger partial charge in [-0.2, -0.15) is 8.78 Å². The van der Waals surface area contributed by atoms with Crippen LogP contribution in [0.25, 0.3) is 0 Å². The molecule has 112 valence electrons. The number of ether oxygens (including phenoxy) is 1. The molecule has 1 N–H and O–H groups in total. The third kappa shape index (κ3) is 3.90. The van der Waals surface area contributed by atoms with E-state index in [4.69, 9.17) is 0 Å². The molecule has 0 aliphatic heterocycles. The van der Waals surface area contributed by atoms with E-state index in [9.17, 15) is 13.9 Å². The van der Waals surface area contributed by atoms with Crippen molar-refractivity contribution in [2.24, 2.45) is 0 Å².